The number of anilines is 2. The molecule has 2 aromatic rings. The van der Waals surface area contributed by atoms with Crippen molar-refractivity contribution in [2.45, 2.75) is 40.0 Å². The molecule has 0 spiro atoms. The topological polar surface area (TPSA) is 87.4 Å². The molecule has 146 valence electrons. The molecule has 8 heteroatoms. The molecule has 0 aromatic carbocycles. The van der Waals surface area contributed by atoms with Crippen LogP contribution in [-0.4, -0.2) is 58.7 Å². The van der Waals surface area contributed by atoms with E-state index < -0.39 is 0 Å². The van der Waals surface area contributed by atoms with Crippen molar-refractivity contribution in [3.8, 4) is 0 Å². The highest BCUT2D eigenvalue weighted by atomic mass is 16.5. The van der Waals surface area contributed by atoms with Crippen LogP contribution in [0.5, 0.6) is 0 Å². The van der Waals surface area contributed by atoms with Crippen LogP contribution in [0.1, 0.15) is 38.0 Å². The van der Waals surface area contributed by atoms with Crippen molar-refractivity contribution < 1.29 is 9.32 Å². The molecule has 1 N–H and O–H groups in total. The van der Waals surface area contributed by atoms with Crippen LogP contribution in [0.4, 0.5) is 11.7 Å². The first-order valence-electron chi connectivity index (χ1n) is 9.27. The van der Waals surface area contributed by atoms with Gasteiger partial charge in [0.2, 0.25) is 11.8 Å². The Kier molecular flexibility index (Phi) is 5.46. The summed E-state index contributed by atoms with van der Waals surface area (Å²) in [5.74, 6) is 2.05. The minimum Gasteiger partial charge on any atom is -0.354 e. The number of nitrogens with zero attached hydrogens (tertiary/aromatic N) is 5. The van der Waals surface area contributed by atoms with Crippen LogP contribution in [-0.2, 0) is 10.2 Å². The minimum absolute atomic E-state index is 0.0891. The number of rotatable bonds is 4. The molecule has 1 fully saturated rings. The fraction of sp³-hybridized carbons (Fsp3) is 0.579. The molecular weight excluding hydrogens is 344 g/mol. The molecule has 0 radical (unpaired) electrons. The summed E-state index contributed by atoms with van der Waals surface area (Å²) in [7, 11) is 0. The first-order chi connectivity index (χ1) is 12.7. The van der Waals surface area contributed by atoms with Gasteiger partial charge < -0.3 is 9.42 Å². The van der Waals surface area contributed by atoms with Gasteiger partial charge in [0.15, 0.2) is 0 Å². The van der Waals surface area contributed by atoms with E-state index in [9.17, 15) is 4.79 Å². The molecule has 1 aliphatic heterocycles. The van der Waals surface area contributed by atoms with E-state index in [1.54, 1.807) is 6.07 Å². The number of aromatic nitrogens is 3. The Morgan fingerprint density at radius 2 is 1.85 bits per heavy atom. The molecule has 0 bridgehead atoms. The van der Waals surface area contributed by atoms with Crippen LogP contribution in [0.15, 0.2) is 16.7 Å². The summed E-state index contributed by atoms with van der Waals surface area (Å²) < 4.78 is 5.23. The number of nitrogens with one attached hydrogen (secondary N) is 1. The largest absolute Gasteiger partial charge is 0.354 e. The van der Waals surface area contributed by atoms with E-state index in [4.69, 9.17) is 4.52 Å². The van der Waals surface area contributed by atoms with Crippen molar-refractivity contribution >= 4 is 17.6 Å². The summed E-state index contributed by atoms with van der Waals surface area (Å²) in [5.41, 5.74) is 1.68. The van der Waals surface area contributed by atoms with Crippen LogP contribution in [0.3, 0.4) is 0 Å². The molecule has 0 aliphatic carbocycles. The zero-order valence-corrected chi connectivity index (χ0v) is 16.7. The van der Waals surface area contributed by atoms with Crippen molar-refractivity contribution in [2.24, 2.45) is 0 Å². The molecule has 0 unspecified atom stereocenters. The second-order valence-electron chi connectivity index (χ2n) is 8.05. The van der Waals surface area contributed by atoms with E-state index in [0.717, 1.165) is 49.2 Å². The number of hydrogen-bond donors (Lipinski definition) is 1. The maximum Gasteiger partial charge on any atom is 0.240 e. The molecule has 2 aromatic heterocycles. The van der Waals surface area contributed by atoms with Crippen molar-refractivity contribution in [1.82, 2.24) is 20.0 Å². The fourth-order valence-electron chi connectivity index (χ4n) is 3.06. The van der Waals surface area contributed by atoms with Crippen molar-refractivity contribution in [1.29, 1.82) is 0 Å². The molecule has 1 amide bonds. The number of carbonyl (C=O) groups excluding carboxylic acids is 1. The van der Waals surface area contributed by atoms with Gasteiger partial charge in [-0.15, -0.1) is 0 Å². The number of piperazine rings is 1. The van der Waals surface area contributed by atoms with Gasteiger partial charge in [-0.3, -0.25) is 15.0 Å². The van der Waals surface area contributed by atoms with E-state index in [-0.39, 0.29) is 11.3 Å². The Balaban J connectivity index is 1.50. The fourth-order valence-corrected chi connectivity index (χ4v) is 3.06. The Morgan fingerprint density at radius 1 is 1.15 bits per heavy atom. The summed E-state index contributed by atoms with van der Waals surface area (Å²) in [6.07, 6.45) is 0. The highest BCUT2D eigenvalue weighted by Crippen LogP contribution is 2.23. The van der Waals surface area contributed by atoms with Crippen LogP contribution in [0.2, 0.25) is 0 Å². The van der Waals surface area contributed by atoms with E-state index >= 15 is 0 Å². The zero-order valence-electron chi connectivity index (χ0n) is 16.7. The lowest BCUT2D eigenvalue weighted by atomic mass is 9.92. The lowest BCUT2D eigenvalue weighted by Gasteiger charge is -2.35. The standard InChI is InChI=1S/C19H28N6O2/c1-13-10-16(21-14(2)20-13)25-8-6-24(7-9-25)12-17(26)22-18-11-15(23-27-18)19(3,4)5/h10-11H,6-9,12H2,1-5H3,(H,22,26). The summed E-state index contributed by atoms with van der Waals surface area (Å²) in [6, 6.07) is 3.79. The predicted octanol–water partition coefficient (Wildman–Crippen LogP) is 2.14. The van der Waals surface area contributed by atoms with Gasteiger partial charge in [-0.25, -0.2) is 9.97 Å². The Hall–Kier alpha value is -2.48. The van der Waals surface area contributed by atoms with Crippen molar-refractivity contribution in [2.75, 3.05) is 42.9 Å². The Morgan fingerprint density at radius 3 is 2.44 bits per heavy atom. The summed E-state index contributed by atoms with van der Waals surface area (Å²) in [5, 5.41) is 6.82. The Bertz CT molecular complexity index is 783. The highest BCUT2D eigenvalue weighted by molar-refractivity contribution is 5.91. The molecule has 27 heavy (non-hydrogen) atoms. The quantitative estimate of drug-likeness (QED) is 0.880. The molecule has 0 saturated carbocycles. The minimum atomic E-state index is -0.111. The van der Waals surface area contributed by atoms with Gasteiger partial charge >= 0.3 is 0 Å². The number of amides is 1. The first kappa shape index (κ1) is 19.3. The SMILES string of the molecule is Cc1cc(N2CCN(CC(=O)Nc3cc(C(C)(C)C)no3)CC2)nc(C)n1. The second kappa shape index (κ2) is 7.64. The molecule has 1 saturated heterocycles. The van der Waals surface area contributed by atoms with Gasteiger partial charge in [0.1, 0.15) is 11.6 Å². The number of aryl methyl sites for hydroxylation is 2. The van der Waals surface area contributed by atoms with E-state index in [1.165, 1.54) is 0 Å². The van der Waals surface area contributed by atoms with Gasteiger partial charge in [-0.05, 0) is 13.8 Å². The molecule has 3 heterocycles. The first-order valence-corrected chi connectivity index (χ1v) is 9.27. The summed E-state index contributed by atoms with van der Waals surface area (Å²) in [6.45, 7) is 13.7. The van der Waals surface area contributed by atoms with Crippen LogP contribution >= 0.6 is 0 Å². The van der Waals surface area contributed by atoms with Crippen LogP contribution < -0.4 is 10.2 Å². The molecule has 1 aliphatic rings. The molecule has 0 atom stereocenters. The maximum atomic E-state index is 12.3. The normalized spacial score (nSPS) is 15.8. The second-order valence-corrected chi connectivity index (χ2v) is 8.05. The third-order valence-corrected chi connectivity index (χ3v) is 4.56. The third-order valence-electron chi connectivity index (χ3n) is 4.56. The van der Waals surface area contributed by atoms with Crippen LogP contribution in [0.25, 0.3) is 0 Å². The van der Waals surface area contributed by atoms with Crippen molar-refractivity contribution in [3.05, 3.63) is 29.3 Å². The van der Waals surface area contributed by atoms with Crippen LogP contribution in [0, 0.1) is 13.8 Å². The predicted molar refractivity (Wildman–Crippen MR) is 104 cm³/mol. The number of carbonyl (C=O) groups is 1. The highest BCUT2D eigenvalue weighted by Gasteiger charge is 2.22. The van der Waals surface area contributed by atoms with E-state index in [1.807, 2.05) is 19.9 Å². The molecule has 3 rings (SSSR count). The summed E-state index contributed by atoms with van der Waals surface area (Å²) >= 11 is 0. The molecule has 8 nitrogen and oxygen atoms in total. The molecular formula is C19H28N6O2. The summed E-state index contributed by atoms with van der Waals surface area (Å²) in [4.78, 5) is 25.5. The van der Waals surface area contributed by atoms with Gasteiger partial charge in [0.05, 0.1) is 12.2 Å². The van der Waals surface area contributed by atoms with E-state index in [2.05, 4.69) is 51.0 Å². The third kappa shape index (κ3) is 5.03. The lowest BCUT2D eigenvalue weighted by molar-refractivity contribution is -0.117. The lowest BCUT2D eigenvalue weighted by Crippen LogP contribution is -2.49. The van der Waals surface area contributed by atoms with Gasteiger partial charge in [0.25, 0.3) is 0 Å². The van der Waals surface area contributed by atoms with Gasteiger partial charge in [-0.2, -0.15) is 0 Å². The zero-order chi connectivity index (χ0) is 19.6. The van der Waals surface area contributed by atoms with Gasteiger partial charge in [-0.1, -0.05) is 25.9 Å². The Labute approximate surface area is 159 Å². The average molecular weight is 372 g/mol. The van der Waals surface area contributed by atoms with Crippen molar-refractivity contribution in [3.63, 3.8) is 0 Å². The number of hydrogen-bond acceptors (Lipinski definition) is 7. The monoisotopic (exact) mass is 372 g/mol. The smallest absolute Gasteiger partial charge is 0.240 e. The van der Waals surface area contributed by atoms with E-state index in [0.29, 0.717) is 12.4 Å². The maximum absolute atomic E-state index is 12.3. The average Bonchev–Trinajstić information content (AvgIpc) is 3.03. The van der Waals surface area contributed by atoms with Gasteiger partial charge in [0, 0.05) is 49.4 Å².